The van der Waals surface area contributed by atoms with Gasteiger partial charge in [0.25, 0.3) is 0 Å². The quantitative estimate of drug-likeness (QED) is 0.298. The summed E-state index contributed by atoms with van der Waals surface area (Å²) in [6.45, 7) is 2.34. The third kappa shape index (κ3) is 5.43. The van der Waals surface area contributed by atoms with Crippen LogP contribution in [0.4, 0.5) is 11.5 Å². The highest BCUT2D eigenvalue weighted by molar-refractivity contribution is 6.37. The van der Waals surface area contributed by atoms with E-state index in [1.54, 1.807) is 12.1 Å². The minimum Gasteiger partial charge on any atom is -0.486 e. The van der Waals surface area contributed by atoms with Crippen molar-refractivity contribution in [2.75, 3.05) is 5.43 Å². The molecule has 7 nitrogen and oxygen atoms in total. The van der Waals surface area contributed by atoms with Crippen LogP contribution in [-0.4, -0.2) is 16.1 Å². The van der Waals surface area contributed by atoms with Crippen molar-refractivity contribution >= 4 is 40.9 Å². The fourth-order valence-corrected chi connectivity index (χ4v) is 3.16. The largest absolute Gasteiger partial charge is 0.486 e. The number of pyridine rings is 1. The number of halogens is 2. The number of benzene rings is 2. The molecule has 1 aromatic heterocycles. The molecule has 3 rings (SSSR count). The van der Waals surface area contributed by atoms with Gasteiger partial charge in [-0.3, -0.25) is 15.5 Å². The zero-order valence-electron chi connectivity index (χ0n) is 15.3. The number of aromatic nitrogens is 1. The maximum atomic E-state index is 11.0. The van der Waals surface area contributed by atoms with Crippen molar-refractivity contribution in [3.63, 3.8) is 0 Å². The molecule has 0 unspecified atom stereocenters. The van der Waals surface area contributed by atoms with Gasteiger partial charge in [-0.05, 0) is 36.2 Å². The Morgan fingerprint density at radius 2 is 1.97 bits per heavy atom. The number of aryl methyl sites for hydroxylation is 1. The van der Waals surface area contributed by atoms with E-state index in [0.717, 1.165) is 11.1 Å². The second-order valence-corrected chi connectivity index (χ2v) is 6.90. The summed E-state index contributed by atoms with van der Waals surface area (Å²) >= 11 is 12.6. The monoisotopic (exact) mass is 430 g/mol. The number of hydrazone groups is 1. The Bertz CT molecular complexity index is 1050. The summed E-state index contributed by atoms with van der Waals surface area (Å²) in [5.74, 6) is 0.407. The minimum absolute atomic E-state index is 0.0315. The first-order valence-corrected chi connectivity index (χ1v) is 9.25. The summed E-state index contributed by atoms with van der Waals surface area (Å²) in [6.07, 6.45) is 2.86. The third-order valence-electron chi connectivity index (χ3n) is 3.85. The molecular formula is C20H16Cl2N4O3. The topological polar surface area (TPSA) is 89.7 Å². The Kier molecular flexibility index (Phi) is 6.64. The van der Waals surface area contributed by atoms with E-state index < -0.39 is 4.92 Å². The van der Waals surface area contributed by atoms with Crippen molar-refractivity contribution in [1.82, 2.24) is 4.98 Å². The third-order valence-corrected chi connectivity index (χ3v) is 4.41. The molecule has 0 aliphatic carbocycles. The molecule has 0 amide bonds. The maximum absolute atomic E-state index is 11.0. The highest BCUT2D eigenvalue weighted by Crippen LogP contribution is 2.34. The van der Waals surface area contributed by atoms with Gasteiger partial charge in [0.05, 0.1) is 21.2 Å². The average Bonchev–Trinajstić information content (AvgIpc) is 2.67. The van der Waals surface area contributed by atoms with Crippen LogP contribution in [0.25, 0.3) is 0 Å². The SMILES string of the molecule is Cc1cccc(COc2c(Cl)cc(/C=N\Nc3ncccc3[N+](=O)[O-])cc2Cl)c1. The van der Waals surface area contributed by atoms with Gasteiger partial charge in [0.1, 0.15) is 6.61 Å². The first-order valence-electron chi connectivity index (χ1n) is 8.50. The van der Waals surface area contributed by atoms with Gasteiger partial charge in [-0.1, -0.05) is 53.0 Å². The van der Waals surface area contributed by atoms with Gasteiger partial charge in [0, 0.05) is 12.3 Å². The number of anilines is 1. The fourth-order valence-electron chi connectivity index (χ4n) is 2.55. The Balaban J connectivity index is 1.70. The highest BCUT2D eigenvalue weighted by atomic mass is 35.5. The first kappa shape index (κ1) is 20.6. The predicted octanol–water partition coefficient (Wildman–Crippen LogP) is 5.63. The molecule has 148 valence electrons. The van der Waals surface area contributed by atoms with E-state index in [2.05, 4.69) is 15.5 Å². The van der Waals surface area contributed by atoms with Gasteiger partial charge in [-0.25, -0.2) is 4.98 Å². The minimum atomic E-state index is -0.543. The number of rotatable bonds is 7. The molecule has 9 heteroatoms. The number of ether oxygens (including phenoxy) is 1. The Morgan fingerprint density at radius 3 is 2.66 bits per heavy atom. The lowest BCUT2D eigenvalue weighted by Crippen LogP contribution is -2.00. The van der Waals surface area contributed by atoms with Crippen LogP contribution in [-0.2, 0) is 6.61 Å². The molecule has 0 bridgehead atoms. The highest BCUT2D eigenvalue weighted by Gasteiger charge is 2.13. The zero-order chi connectivity index (χ0) is 20.8. The first-order chi connectivity index (χ1) is 13.9. The van der Waals surface area contributed by atoms with Gasteiger partial charge >= 0.3 is 5.69 Å². The molecular weight excluding hydrogens is 415 g/mol. The van der Waals surface area contributed by atoms with Crippen LogP contribution in [0.1, 0.15) is 16.7 Å². The lowest BCUT2D eigenvalue weighted by Gasteiger charge is -2.11. The summed E-state index contributed by atoms with van der Waals surface area (Å²) < 4.78 is 5.77. The van der Waals surface area contributed by atoms with E-state index >= 15 is 0 Å². The molecule has 0 aliphatic rings. The Hall–Kier alpha value is -3.16. The van der Waals surface area contributed by atoms with Gasteiger partial charge in [0.2, 0.25) is 5.82 Å². The van der Waals surface area contributed by atoms with E-state index in [0.29, 0.717) is 28.0 Å². The van der Waals surface area contributed by atoms with Crippen molar-refractivity contribution < 1.29 is 9.66 Å². The fraction of sp³-hybridized carbons (Fsp3) is 0.100. The van der Waals surface area contributed by atoms with Crippen LogP contribution in [0.3, 0.4) is 0 Å². The van der Waals surface area contributed by atoms with E-state index in [1.165, 1.54) is 24.5 Å². The summed E-state index contributed by atoms with van der Waals surface area (Å²) in [5, 5.41) is 15.6. The summed E-state index contributed by atoms with van der Waals surface area (Å²) in [7, 11) is 0. The van der Waals surface area contributed by atoms with E-state index in [-0.39, 0.29) is 11.5 Å². The normalized spacial score (nSPS) is 10.9. The van der Waals surface area contributed by atoms with Crippen LogP contribution in [0.15, 0.2) is 59.8 Å². The number of nitro groups is 1. The lowest BCUT2D eigenvalue weighted by atomic mass is 10.1. The molecule has 0 saturated carbocycles. The molecule has 0 spiro atoms. The summed E-state index contributed by atoms with van der Waals surface area (Å²) in [4.78, 5) is 14.3. The molecule has 0 fully saturated rings. The van der Waals surface area contributed by atoms with Crippen molar-refractivity contribution in [1.29, 1.82) is 0 Å². The molecule has 1 heterocycles. The van der Waals surface area contributed by atoms with Crippen molar-refractivity contribution in [3.05, 3.63) is 91.6 Å². The lowest BCUT2D eigenvalue weighted by molar-refractivity contribution is -0.384. The zero-order valence-corrected chi connectivity index (χ0v) is 16.8. The standard InChI is InChI=1S/C20H16Cl2N4O3/c1-13-4-2-5-14(8-13)12-29-19-16(21)9-15(10-17(19)22)11-24-25-20-18(26(27)28)6-3-7-23-20/h2-11H,12H2,1H3,(H,23,25)/b24-11-. The smallest absolute Gasteiger partial charge is 0.313 e. The molecule has 0 radical (unpaired) electrons. The molecule has 2 aromatic carbocycles. The summed E-state index contributed by atoms with van der Waals surface area (Å²) in [6, 6.07) is 14.0. The average molecular weight is 431 g/mol. The van der Waals surface area contributed by atoms with Crippen LogP contribution in [0.2, 0.25) is 10.0 Å². The predicted molar refractivity (Wildman–Crippen MR) is 114 cm³/mol. The number of nitrogens with zero attached hydrogens (tertiary/aromatic N) is 3. The van der Waals surface area contributed by atoms with Crippen molar-refractivity contribution in [3.8, 4) is 5.75 Å². The van der Waals surface area contributed by atoms with Gasteiger partial charge in [0.15, 0.2) is 5.75 Å². The molecule has 1 N–H and O–H groups in total. The van der Waals surface area contributed by atoms with Crippen LogP contribution in [0, 0.1) is 17.0 Å². The second kappa shape index (κ2) is 9.36. The maximum Gasteiger partial charge on any atom is 0.313 e. The van der Waals surface area contributed by atoms with E-state index in [1.807, 2.05) is 31.2 Å². The van der Waals surface area contributed by atoms with Crippen LogP contribution in [0.5, 0.6) is 5.75 Å². The second-order valence-electron chi connectivity index (χ2n) is 6.09. The van der Waals surface area contributed by atoms with E-state index in [4.69, 9.17) is 27.9 Å². The molecule has 29 heavy (non-hydrogen) atoms. The van der Waals surface area contributed by atoms with E-state index in [9.17, 15) is 10.1 Å². The van der Waals surface area contributed by atoms with Gasteiger partial charge in [-0.2, -0.15) is 5.10 Å². The molecule has 3 aromatic rings. The number of nitrogens with one attached hydrogen (secondary N) is 1. The van der Waals surface area contributed by atoms with Gasteiger partial charge in [-0.15, -0.1) is 0 Å². The molecule has 0 atom stereocenters. The summed E-state index contributed by atoms with van der Waals surface area (Å²) in [5.41, 5.74) is 5.10. The Morgan fingerprint density at radius 1 is 1.21 bits per heavy atom. The molecule has 0 aliphatic heterocycles. The van der Waals surface area contributed by atoms with Crippen LogP contribution < -0.4 is 10.2 Å². The van der Waals surface area contributed by atoms with Gasteiger partial charge < -0.3 is 4.74 Å². The molecule has 0 saturated heterocycles. The number of hydrogen-bond acceptors (Lipinski definition) is 6. The van der Waals surface area contributed by atoms with Crippen LogP contribution >= 0.6 is 23.2 Å². The van der Waals surface area contributed by atoms with Crippen molar-refractivity contribution in [2.24, 2.45) is 5.10 Å². The Labute approximate surface area is 177 Å². The number of hydrogen-bond donors (Lipinski definition) is 1. The van der Waals surface area contributed by atoms with Crippen molar-refractivity contribution in [2.45, 2.75) is 13.5 Å².